The van der Waals surface area contributed by atoms with Crippen LogP contribution in [0, 0.1) is 0 Å². The van der Waals surface area contributed by atoms with Crippen molar-refractivity contribution in [1.29, 1.82) is 0 Å². The Kier molecular flexibility index (Phi) is 3.24. The lowest BCUT2D eigenvalue weighted by Gasteiger charge is -2.10. The van der Waals surface area contributed by atoms with E-state index in [0.29, 0.717) is 16.9 Å². The SMILES string of the molecule is Clc1cc(C2CCCC2)nc(-c2ccccn2)n1. The molecule has 3 nitrogen and oxygen atoms in total. The Labute approximate surface area is 111 Å². The van der Waals surface area contributed by atoms with Gasteiger partial charge >= 0.3 is 0 Å². The molecule has 0 aromatic carbocycles. The third-order valence-electron chi connectivity index (χ3n) is 3.38. The molecule has 1 saturated carbocycles. The summed E-state index contributed by atoms with van der Waals surface area (Å²) in [5, 5.41) is 0.507. The number of pyridine rings is 1. The van der Waals surface area contributed by atoms with E-state index in [0.717, 1.165) is 11.4 Å². The molecule has 1 fully saturated rings. The summed E-state index contributed by atoms with van der Waals surface area (Å²) in [6, 6.07) is 7.61. The van der Waals surface area contributed by atoms with E-state index in [2.05, 4.69) is 15.0 Å². The molecule has 0 spiro atoms. The van der Waals surface area contributed by atoms with Crippen LogP contribution in [0.3, 0.4) is 0 Å². The average Bonchev–Trinajstić information content (AvgIpc) is 2.93. The van der Waals surface area contributed by atoms with Crippen molar-refractivity contribution in [3.8, 4) is 11.5 Å². The van der Waals surface area contributed by atoms with Gasteiger partial charge in [-0.05, 0) is 31.0 Å². The number of hydrogen-bond donors (Lipinski definition) is 0. The van der Waals surface area contributed by atoms with Crippen LogP contribution in [0.25, 0.3) is 11.5 Å². The fourth-order valence-electron chi connectivity index (χ4n) is 2.48. The molecule has 3 rings (SSSR count). The predicted molar refractivity (Wildman–Crippen MR) is 71.5 cm³/mol. The van der Waals surface area contributed by atoms with Crippen LogP contribution in [0.5, 0.6) is 0 Å². The normalized spacial score (nSPS) is 16.1. The van der Waals surface area contributed by atoms with Gasteiger partial charge in [-0.25, -0.2) is 9.97 Å². The first kappa shape index (κ1) is 11.6. The summed E-state index contributed by atoms with van der Waals surface area (Å²) >= 11 is 6.10. The van der Waals surface area contributed by atoms with Gasteiger partial charge in [0, 0.05) is 17.8 Å². The van der Waals surface area contributed by atoms with Gasteiger partial charge in [0.2, 0.25) is 0 Å². The average molecular weight is 260 g/mol. The minimum Gasteiger partial charge on any atom is -0.253 e. The summed E-state index contributed by atoms with van der Waals surface area (Å²) < 4.78 is 0. The first-order chi connectivity index (χ1) is 8.83. The maximum atomic E-state index is 6.10. The van der Waals surface area contributed by atoms with Gasteiger partial charge in [0.25, 0.3) is 0 Å². The number of rotatable bonds is 2. The van der Waals surface area contributed by atoms with Crippen LogP contribution >= 0.6 is 11.6 Å². The summed E-state index contributed by atoms with van der Waals surface area (Å²) in [6.45, 7) is 0. The molecule has 0 radical (unpaired) electrons. The van der Waals surface area contributed by atoms with Crippen molar-refractivity contribution in [3.05, 3.63) is 41.3 Å². The summed E-state index contributed by atoms with van der Waals surface area (Å²) in [5.41, 5.74) is 1.84. The summed E-state index contributed by atoms with van der Waals surface area (Å²) in [4.78, 5) is 13.2. The topological polar surface area (TPSA) is 38.7 Å². The van der Waals surface area contributed by atoms with E-state index < -0.39 is 0 Å². The van der Waals surface area contributed by atoms with Gasteiger partial charge in [-0.3, -0.25) is 4.98 Å². The Morgan fingerprint density at radius 3 is 2.67 bits per heavy atom. The molecular formula is C14H14ClN3. The molecule has 1 aliphatic rings. The maximum absolute atomic E-state index is 6.10. The molecule has 1 aliphatic carbocycles. The minimum absolute atomic E-state index is 0.507. The molecule has 0 amide bonds. The van der Waals surface area contributed by atoms with Crippen molar-refractivity contribution in [2.45, 2.75) is 31.6 Å². The smallest absolute Gasteiger partial charge is 0.179 e. The standard InChI is InChI=1S/C14H14ClN3/c15-13-9-12(10-5-1-2-6-10)17-14(18-13)11-7-3-4-8-16-11/h3-4,7-10H,1-2,5-6H2. The predicted octanol–water partition coefficient (Wildman–Crippen LogP) is 3.85. The van der Waals surface area contributed by atoms with Gasteiger partial charge in [0.1, 0.15) is 10.8 Å². The molecule has 0 unspecified atom stereocenters. The number of hydrogen-bond acceptors (Lipinski definition) is 3. The van der Waals surface area contributed by atoms with E-state index >= 15 is 0 Å². The molecule has 0 atom stereocenters. The molecule has 2 aromatic rings. The Hall–Kier alpha value is -1.48. The van der Waals surface area contributed by atoms with Crippen LogP contribution in [-0.2, 0) is 0 Å². The van der Waals surface area contributed by atoms with E-state index in [-0.39, 0.29) is 0 Å². The molecule has 2 heterocycles. The first-order valence-electron chi connectivity index (χ1n) is 6.29. The van der Waals surface area contributed by atoms with Crippen molar-refractivity contribution >= 4 is 11.6 Å². The molecule has 18 heavy (non-hydrogen) atoms. The molecule has 4 heteroatoms. The van der Waals surface area contributed by atoms with Gasteiger partial charge < -0.3 is 0 Å². The highest BCUT2D eigenvalue weighted by atomic mass is 35.5. The minimum atomic E-state index is 0.507. The van der Waals surface area contributed by atoms with Crippen molar-refractivity contribution in [3.63, 3.8) is 0 Å². The Balaban J connectivity index is 2.00. The fraction of sp³-hybridized carbons (Fsp3) is 0.357. The maximum Gasteiger partial charge on any atom is 0.179 e. The zero-order valence-corrected chi connectivity index (χ0v) is 10.8. The quantitative estimate of drug-likeness (QED) is 0.769. The fourth-order valence-corrected chi connectivity index (χ4v) is 2.67. The van der Waals surface area contributed by atoms with Gasteiger partial charge in [0.15, 0.2) is 5.82 Å². The molecule has 0 aliphatic heterocycles. The molecule has 0 N–H and O–H groups in total. The molecular weight excluding hydrogens is 246 g/mol. The van der Waals surface area contributed by atoms with Crippen LogP contribution in [0.15, 0.2) is 30.5 Å². The first-order valence-corrected chi connectivity index (χ1v) is 6.66. The van der Waals surface area contributed by atoms with Crippen molar-refractivity contribution in [2.75, 3.05) is 0 Å². The van der Waals surface area contributed by atoms with Gasteiger partial charge in [-0.1, -0.05) is 30.5 Å². The summed E-state index contributed by atoms with van der Waals surface area (Å²) in [6.07, 6.45) is 6.72. The van der Waals surface area contributed by atoms with Gasteiger partial charge in [0.05, 0.1) is 0 Å². The highest BCUT2D eigenvalue weighted by Gasteiger charge is 2.20. The van der Waals surface area contributed by atoms with Crippen molar-refractivity contribution < 1.29 is 0 Å². The van der Waals surface area contributed by atoms with Crippen LogP contribution in [0.2, 0.25) is 5.15 Å². The van der Waals surface area contributed by atoms with Crippen LogP contribution in [-0.4, -0.2) is 15.0 Å². The molecule has 2 aromatic heterocycles. The molecule has 92 valence electrons. The zero-order valence-electron chi connectivity index (χ0n) is 10.0. The molecule has 0 bridgehead atoms. The van der Waals surface area contributed by atoms with Crippen LogP contribution in [0.1, 0.15) is 37.3 Å². The number of aromatic nitrogens is 3. The monoisotopic (exact) mass is 259 g/mol. The van der Waals surface area contributed by atoms with Crippen LogP contribution < -0.4 is 0 Å². The highest BCUT2D eigenvalue weighted by molar-refractivity contribution is 6.29. The van der Waals surface area contributed by atoms with Crippen molar-refractivity contribution in [2.24, 2.45) is 0 Å². The molecule has 0 saturated heterocycles. The van der Waals surface area contributed by atoms with Gasteiger partial charge in [-0.2, -0.15) is 0 Å². The van der Waals surface area contributed by atoms with E-state index in [9.17, 15) is 0 Å². The largest absolute Gasteiger partial charge is 0.253 e. The lowest BCUT2D eigenvalue weighted by molar-refractivity contribution is 0.695. The summed E-state index contributed by atoms with van der Waals surface area (Å²) in [7, 11) is 0. The van der Waals surface area contributed by atoms with E-state index in [1.807, 2.05) is 24.3 Å². The van der Waals surface area contributed by atoms with Gasteiger partial charge in [-0.15, -0.1) is 0 Å². The lowest BCUT2D eigenvalue weighted by Crippen LogP contribution is -2.01. The number of halogens is 1. The van der Waals surface area contributed by atoms with E-state index in [1.54, 1.807) is 6.20 Å². The Bertz CT molecular complexity index is 536. The summed E-state index contributed by atoms with van der Waals surface area (Å²) in [5.74, 6) is 1.16. The van der Waals surface area contributed by atoms with Crippen molar-refractivity contribution in [1.82, 2.24) is 15.0 Å². The number of nitrogens with zero attached hydrogens (tertiary/aromatic N) is 3. The third-order valence-corrected chi connectivity index (χ3v) is 3.58. The lowest BCUT2D eigenvalue weighted by atomic mass is 10.0. The zero-order chi connectivity index (χ0) is 12.4. The Morgan fingerprint density at radius 2 is 1.94 bits per heavy atom. The highest BCUT2D eigenvalue weighted by Crippen LogP contribution is 2.34. The second-order valence-electron chi connectivity index (χ2n) is 4.64. The van der Waals surface area contributed by atoms with Crippen LogP contribution in [0.4, 0.5) is 0 Å². The Morgan fingerprint density at radius 1 is 1.11 bits per heavy atom. The third kappa shape index (κ3) is 2.36. The second kappa shape index (κ2) is 5.02. The second-order valence-corrected chi connectivity index (χ2v) is 5.02. The van der Waals surface area contributed by atoms with E-state index in [1.165, 1.54) is 25.7 Å². The van der Waals surface area contributed by atoms with E-state index in [4.69, 9.17) is 11.6 Å².